The fraction of sp³-hybridized carbons (Fsp3) is 0.111. The van der Waals surface area contributed by atoms with Crippen LogP contribution in [0.25, 0.3) is 0 Å². The smallest absolute Gasteiger partial charge is 0.159 e. The molecular weight excluding hydrogens is 357 g/mol. The number of nitrogens with zero attached hydrogens (tertiary/aromatic N) is 2. The summed E-state index contributed by atoms with van der Waals surface area (Å²) in [4.78, 5) is 8.44. The highest BCUT2D eigenvalue weighted by atomic mass is 35.5. The number of aryl methyl sites for hydroxylation is 2. The summed E-state index contributed by atoms with van der Waals surface area (Å²) in [6, 6.07) is 11.3. The summed E-state index contributed by atoms with van der Waals surface area (Å²) in [5.74, 6) is 0.989. The fourth-order valence-electron chi connectivity index (χ4n) is 2.31. The average molecular weight is 374 g/mol. The summed E-state index contributed by atoms with van der Waals surface area (Å²) in [5, 5.41) is 7.41. The highest BCUT2D eigenvalue weighted by molar-refractivity contribution is 6.36. The first-order valence-electron chi connectivity index (χ1n) is 7.61. The zero-order valence-corrected chi connectivity index (χ0v) is 15.3. The lowest BCUT2D eigenvalue weighted by atomic mass is 10.1. The van der Waals surface area contributed by atoms with Crippen LogP contribution >= 0.6 is 23.2 Å². The standard InChI is InChI=1S/C18H17Cl2N5/c1-10-3-4-11(2)15(7-10)25-18-16(21)17(22-9-23-18)24-14-6-5-12(19)8-13(14)20/h3-9H,21H2,1-2H3,(H2,22,23,24,25). The number of hydrogen-bond donors (Lipinski definition) is 3. The van der Waals surface area contributed by atoms with Crippen LogP contribution in [0.15, 0.2) is 42.7 Å². The lowest BCUT2D eigenvalue weighted by Crippen LogP contribution is -2.06. The Balaban J connectivity index is 1.91. The molecule has 7 heteroatoms. The third kappa shape index (κ3) is 3.95. The zero-order chi connectivity index (χ0) is 18.0. The summed E-state index contributed by atoms with van der Waals surface area (Å²) in [7, 11) is 0. The number of aromatic nitrogens is 2. The second-order valence-electron chi connectivity index (χ2n) is 5.68. The molecule has 3 aromatic rings. The Labute approximate surface area is 156 Å². The molecule has 3 rings (SSSR count). The number of nitrogens with two attached hydrogens (primary N) is 1. The van der Waals surface area contributed by atoms with Crippen molar-refractivity contribution in [3.8, 4) is 0 Å². The van der Waals surface area contributed by atoms with Crippen LogP contribution in [0.5, 0.6) is 0 Å². The minimum absolute atomic E-state index is 0.398. The van der Waals surface area contributed by atoms with Gasteiger partial charge >= 0.3 is 0 Å². The number of nitrogens with one attached hydrogen (secondary N) is 2. The van der Waals surface area contributed by atoms with Gasteiger partial charge in [0.05, 0.1) is 10.7 Å². The quantitative estimate of drug-likeness (QED) is 0.565. The predicted molar refractivity (Wildman–Crippen MR) is 105 cm³/mol. The molecule has 1 heterocycles. The van der Waals surface area contributed by atoms with Crippen LogP contribution in [0.2, 0.25) is 10.0 Å². The highest BCUT2D eigenvalue weighted by Gasteiger charge is 2.11. The minimum Gasteiger partial charge on any atom is -0.393 e. The molecule has 1 aromatic heterocycles. The SMILES string of the molecule is Cc1ccc(C)c(Nc2ncnc(Nc3ccc(Cl)cc3Cl)c2N)c1. The van der Waals surface area contributed by atoms with Crippen molar-refractivity contribution < 1.29 is 0 Å². The normalized spacial score (nSPS) is 10.6. The van der Waals surface area contributed by atoms with Crippen molar-refractivity contribution >= 4 is 51.9 Å². The number of rotatable bonds is 4. The largest absolute Gasteiger partial charge is 0.393 e. The number of halogens is 2. The fourth-order valence-corrected chi connectivity index (χ4v) is 2.77. The molecule has 0 radical (unpaired) electrons. The van der Waals surface area contributed by atoms with Gasteiger partial charge in [0.2, 0.25) is 0 Å². The molecular formula is C18H17Cl2N5. The van der Waals surface area contributed by atoms with E-state index in [0.29, 0.717) is 33.1 Å². The summed E-state index contributed by atoms with van der Waals surface area (Å²) < 4.78 is 0. The molecule has 0 saturated carbocycles. The van der Waals surface area contributed by atoms with E-state index in [-0.39, 0.29) is 0 Å². The number of anilines is 5. The third-order valence-corrected chi connectivity index (χ3v) is 4.26. The maximum absolute atomic E-state index is 6.23. The van der Waals surface area contributed by atoms with Crippen molar-refractivity contribution in [3.63, 3.8) is 0 Å². The topological polar surface area (TPSA) is 75.9 Å². The molecule has 0 fully saturated rings. The first kappa shape index (κ1) is 17.3. The van der Waals surface area contributed by atoms with Crippen LogP contribution in [0.4, 0.5) is 28.7 Å². The molecule has 5 nitrogen and oxygen atoms in total. The maximum Gasteiger partial charge on any atom is 0.159 e. The molecule has 2 aromatic carbocycles. The van der Waals surface area contributed by atoms with Crippen molar-refractivity contribution in [2.45, 2.75) is 13.8 Å². The van der Waals surface area contributed by atoms with Gasteiger partial charge in [-0.15, -0.1) is 0 Å². The van der Waals surface area contributed by atoms with E-state index in [2.05, 4.69) is 26.7 Å². The van der Waals surface area contributed by atoms with Crippen molar-refractivity contribution in [2.75, 3.05) is 16.4 Å². The van der Waals surface area contributed by atoms with E-state index in [0.717, 1.165) is 16.8 Å². The summed E-state index contributed by atoms with van der Waals surface area (Å²) >= 11 is 12.1. The van der Waals surface area contributed by atoms with Crippen LogP contribution in [-0.2, 0) is 0 Å². The van der Waals surface area contributed by atoms with Gasteiger partial charge in [0.1, 0.15) is 12.0 Å². The van der Waals surface area contributed by atoms with Crippen LogP contribution in [0.1, 0.15) is 11.1 Å². The molecule has 0 aliphatic rings. The predicted octanol–water partition coefficient (Wildman–Crippen LogP) is 5.47. The molecule has 0 bridgehead atoms. The van der Waals surface area contributed by atoms with E-state index < -0.39 is 0 Å². The minimum atomic E-state index is 0.398. The Morgan fingerprint density at radius 2 is 1.56 bits per heavy atom. The van der Waals surface area contributed by atoms with Crippen LogP contribution in [0.3, 0.4) is 0 Å². The molecule has 128 valence electrons. The van der Waals surface area contributed by atoms with E-state index >= 15 is 0 Å². The number of hydrogen-bond acceptors (Lipinski definition) is 5. The molecule has 0 atom stereocenters. The van der Waals surface area contributed by atoms with Crippen molar-refractivity contribution in [2.24, 2.45) is 0 Å². The van der Waals surface area contributed by atoms with Gasteiger partial charge in [-0.2, -0.15) is 0 Å². The van der Waals surface area contributed by atoms with Crippen LogP contribution in [-0.4, -0.2) is 9.97 Å². The zero-order valence-electron chi connectivity index (χ0n) is 13.8. The molecule has 0 aliphatic carbocycles. The van der Waals surface area contributed by atoms with E-state index in [9.17, 15) is 0 Å². The van der Waals surface area contributed by atoms with Crippen LogP contribution in [0, 0.1) is 13.8 Å². The van der Waals surface area contributed by atoms with Crippen molar-refractivity contribution in [1.29, 1.82) is 0 Å². The molecule has 0 unspecified atom stereocenters. The van der Waals surface area contributed by atoms with Crippen LogP contribution < -0.4 is 16.4 Å². The Morgan fingerprint density at radius 1 is 0.880 bits per heavy atom. The van der Waals surface area contributed by atoms with E-state index in [1.165, 1.54) is 6.33 Å². The summed E-state index contributed by atoms with van der Waals surface area (Å²) in [5.41, 5.74) is 10.5. The van der Waals surface area contributed by atoms with Gasteiger partial charge in [-0.05, 0) is 49.2 Å². The summed E-state index contributed by atoms with van der Waals surface area (Å²) in [6.07, 6.45) is 1.44. The molecule has 0 spiro atoms. The van der Waals surface area contributed by atoms with E-state index in [4.69, 9.17) is 28.9 Å². The highest BCUT2D eigenvalue weighted by Crippen LogP contribution is 2.32. The van der Waals surface area contributed by atoms with Gasteiger partial charge in [-0.25, -0.2) is 9.97 Å². The first-order valence-corrected chi connectivity index (χ1v) is 8.36. The second kappa shape index (κ2) is 7.17. The van der Waals surface area contributed by atoms with Gasteiger partial charge in [-0.3, -0.25) is 0 Å². The molecule has 25 heavy (non-hydrogen) atoms. The summed E-state index contributed by atoms with van der Waals surface area (Å²) in [6.45, 7) is 4.05. The Bertz CT molecular complexity index is 927. The van der Waals surface area contributed by atoms with Crippen molar-refractivity contribution in [1.82, 2.24) is 9.97 Å². The molecule has 4 N–H and O–H groups in total. The third-order valence-electron chi connectivity index (χ3n) is 3.71. The Morgan fingerprint density at radius 3 is 2.24 bits per heavy atom. The van der Waals surface area contributed by atoms with E-state index in [1.807, 2.05) is 26.0 Å². The van der Waals surface area contributed by atoms with Gasteiger partial charge in [0.15, 0.2) is 11.6 Å². The Kier molecular flexibility index (Phi) is 4.97. The molecule has 0 amide bonds. The lowest BCUT2D eigenvalue weighted by Gasteiger charge is -2.15. The molecule has 0 saturated heterocycles. The monoisotopic (exact) mass is 373 g/mol. The van der Waals surface area contributed by atoms with Crippen molar-refractivity contribution in [3.05, 3.63) is 63.9 Å². The average Bonchev–Trinajstić information content (AvgIpc) is 2.57. The first-order chi connectivity index (χ1) is 11.9. The number of benzene rings is 2. The molecule has 0 aliphatic heterocycles. The lowest BCUT2D eigenvalue weighted by molar-refractivity contribution is 1.17. The van der Waals surface area contributed by atoms with E-state index in [1.54, 1.807) is 18.2 Å². The second-order valence-corrected chi connectivity index (χ2v) is 6.52. The van der Waals surface area contributed by atoms with Gasteiger partial charge < -0.3 is 16.4 Å². The van der Waals surface area contributed by atoms with Gasteiger partial charge in [0, 0.05) is 10.7 Å². The number of nitrogen functional groups attached to an aromatic ring is 1. The van der Waals surface area contributed by atoms with Gasteiger partial charge in [0.25, 0.3) is 0 Å². The maximum atomic E-state index is 6.23. The Hall–Kier alpha value is -2.50. The van der Waals surface area contributed by atoms with Gasteiger partial charge in [-0.1, -0.05) is 35.3 Å².